The molecule has 0 saturated carbocycles. The normalized spacial score (nSPS) is 15.5. The number of benzene rings is 2. The number of thiazole rings is 1. The first-order valence-corrected chi connectivity index (χ1v) is 14.9. The Bertz CT molecular complexity index is 1620. The Morgan fingerprint density at radius 3 is 2.55 bits per heavy atom. The van der Waals surface area contributed by atoms with Crippen LogP contribution in [-0.2, 0) is 14.8 Å². The highest BCUT2D eigenvalue weighted by molar-refractivity contribution is 7.92. The Balaban J connectivity index is 1.50. The van der Waals surface area contributed by atoms with Gasteiger partial charge in [-0.1, -0.05) is 19.9 Å². The van der Waals surface area contributed by atoms with Gasteiger partial charge in [-0.2, -0.15) is 0 Å². The Morgan fingerprint density at radius 2 is 1.85 bits per heavy atom. The maximum atomic E-state index is 14.8. The first-order valence-electron chi connectivity index (χ1n) is 12.6. The number of anilines is 2. The zero-order valence-corrected chi connectivity index (χ0v) is 23.3. The molecule has 1 fully saturated rings. The van der Waals surface area contributed by atoms with Crippen LogP contribution in [0.5, 0.6) is 0 Å². The van der Waals surface area contributed by atoms with Crippen molar-refractivity contribution in [3.05, 3.63) is 71.1 Å². The molecule has 1 aliphatic heterocycles. The fraction of sp³-hybridized carbons (Fsp3) is 0.296. The van der Waals surface area contributed by atoms with Crippen LogP contribution in [0.4, 0.5) is 24.8 Å². The molecule has 0 radical (unpaired) electrons. The highest BCUT2D eigenvalue weighted by atomic mass is 32.2. The second-order valence-corrected chi connectivity index (χ2v) is 12.2. The van der Waals surface area contributed by atoms with Gasteiger partial charge < -0.3 is 10.1 Å². The van der Waals surface area contributed by atoms with Crippen LogP contribution in [-0.4, -0.2) is 42.6 Å². The maximum absolute atomic E-state index is 14.8. The standard InChI is InChI=1S/C27H26F3N5O3S2/c1-15(2)26-34-23(24(39-26)21-10-11-31-27(33-21)32-14-17-5-4-12-38-17)16-8-9-18(28)22(13-16)35-40(36,37)25-19(29)6-3-7-20(25)30/h3,6-11,13,15,17,35H,4-5,12,14H2,1-2H3,(H,31,32,33). The van der Waals surface area contributed by atoms with E-state index in [0.717, 1.165) is 48.7 Å². The van der Waals surface area contributed by atoms with E-state index in [1.807, 2.05) is 18.6 Å². The molecule has 1 saturated heterocycles. The predicted molar refractivity (Wildman–Crippen MR) is 147 cm³/mol. The summed E-state index contributed by atoms with van der Waals surface area (Å²) < 4.78 is 76.4. The minimum Gasteiger partial charge on any atom is -0.376 e. The van der Waals surface area contributed by atoms with Gasteiger partial charge in [0.05, 0.1) is 33.1 Å². The number of rotatable bonds is 9. The molecule has 2 aromatic carbocycles. The number of ether oxygens (including phenoxy) is 1. The Labute approximate surface area is 233 Å². The summed E-state index contributed by atoms with van der Waals surface area (Å²) in [6.07, 6.45) is 3.69. The Morgan fingerprint density at radius 1 is 1.07 bits per heavy atom. The van der Waals surface area contributed by atoms with Crippen molar-refractivity contribution in [2.75, 3.05) is 23.2 Å². The van der Waals surface area contributed by atoms with E-state index >= 15 is 0 Å². The van der Waals surface area contributed by atoms with Crippen molar-refractivity contribution in [2.45, 2.75) is 43.6 Å². The lowest BCUT2D eigenvalue weighted by molar-refractivity contribution is 0.120. The average Bonchev–Trinajstić information content (AvgIpc) is 3.59. The second-order valence-electron chi connectivity index (χ2n) is 9.52. The molecule has 0 spiro atoms. The summed E-state index contributed by atoms with van der Waals surface area (Å²) in [5.41, 5.74) is 0.935. The van der Waals surface area contributed by atoms with E-state index in [9.17, 15) is 21.6 Å². The fourth-order valence-electron chi connectivity index (χ4n) is 4.22. The molecule has 5 rings (SSSR count). The van der Waals surface area contributed by atoms with Crippen molar-refractivity contribution in [1.82, 2.24) is 15.0 Å². The van der Waals surface area contributed by atoms with E-state index in [0.29, 0.717) is 34.3 Å². The number of hydrogen-bond donors (Lipinski definition) is 2. The zero-order chi connectivity index (χ0) is 28.4. The molecule has 1 unspecified atom stereocenters. The monoisotopic (exact) mass is 589 g/mol. The van der Waals surface area contributed by atoms with Crippen LogP contribution >= 0.6 is 11.3 Å². The van der Waals surface area contributed by atoms with Crippen molar-refractivity contribution in [1.29, 1.82) is 0 Å². The van der Waals surface area contributed by atoms with E-state index in [2.05, 4.69) is 15.3 Å². The number of aromatic nitrogens is 3. The summed E-state index contributed by atoms with van der Waals surface area (Å²) in [4.78, 5) is 13.2. The van der Waals surface area contributed by atoms with Crippen LogP contribution in [0.1, 0.15) is 37.6 Å². The highest BCUT2D eigenvalue weighted by Crippen LogP contribution is 2.39. The molecule has 210 valence electrons. The van der Waals surface area contributed by atoms with Crippen LogP contribution in [0.3, 0.4) is 0 Å². The molecule has 8 nitrogen and oxygen atoms in total. The van der Waals surface area contributed by atoms with Gasteiger partial charge >= 0.3 is 0 Å². The number of halogens is 3. The third kappa shape index (κ3) is 5.96. The van der Waals surface area contributed by atoms with E-state index in [1.54, 1.807) is 12.3 Å². The molecule has 0 bridgehead atoms. The molecular formula is C27H26F3N5O3S2. The first kappa shape index (κ1) is 28.0. The van der Waals surface area contributed by atoms with E-state index in [4.69, 9.17) is 9.72 Å². The van der Waals surface area contributed by atoms with Gasteiger partial charge in [0, 0.05) is 30.8 Å². The van der Waals surface area contributed by atoms with Crippen molar-refractivity contribution in [3.63, 3.8) is 0 Å². The molecule has 2 N–H and O–H groups in total. The summed E-state index contributed by atoms with van der Waals surface area (Å²) in [6, 6.07) is 8.15. The van der Waals surface area contributed by atoms with Gasteiger partial charge in [-0.3, -0.25) is 4.72 Å². The summed E-state index contributed by atoms with van der Waals surface area (Å²) in [5.74, 6) is -3.02. The molecule has 1 aliphatic rings. The summed E-state index contributed by atoms with van der Waals surface area (Å²) >= 11 is 1.41. The van der Waals surface area contributed by atoms with Gasteiger partial charge in [0.2, 0.25) is 5.95 Å². The lowest BCUT2D eigenvalue weighted by atomic mass is 10.1. The van der Waals surface area contributed by atoms with Gasteiger partial charge in [0.15, 0.2) is 4.90 Å². The highest BCUT2D eigenvalue weighted by Gasteiger charge is 2.26. The van der Waals surface area contributed by atoms with Crippen LogP contribution < -0.4 is 10.0 Å². The number of nitrogens with zero attached hydrogens (tertiary/aromatic N) is 3. The van der Waals surface area contributed by atoms with Crippen LogP contribution in [0.15, 0.2) is 53.6 Å². The van der Waals surface area contributed by atoms with Gasteiger partial charge in [-0.25, -0.2) is 36.5 Å². The Kier molecular flexibility index (Phi) is 8.06. The van der Waals surface area contributed by atoms with E-state index in [1.165, 1.54) is 23.5 Å². The van der Waals surface area contributed by atoms with E-state index in [-0.39, 0.29) is 12.0 Å². The van der Waals surface area contributed by atoms with Crippen molar-refractivity contribution in [2.24, 2.45) is 0 Å². The molecule has 4 aromatic rings. The molecule has 13 heteroatoms. The number of sulfonamides is 1. The smallest absolute Gasteiger partial charge is 0.267 e. The molecule has 40 heavy (non-hydrogen) atoms. The number of hydrogen-bond acceptors (Lipinski definition) is 8. The van der Waals surface area contributed by atoms with Gasteiger partial charge in [0.1, 0.15) is 17.5 Å². The molecule has 2 aromatic heterocycles. The minimum atomic E-state index is -4.78. The molecule has 0 amide bonds. The largest absolute Gasteiger partial charge is 0.376 e. The predicted octanol–water partition coefficient (Wildman–Crippen LogP) is 6.20. The molecule has 1 atom stereocenters. The number of nitrogens with one attached hydrogen (secondary N) is 2. The van der Waals surface area contributed by atoms with Crippen LogP contribution in [0.25, 0.3) is 21.8 Å². The van der Waals surface area contributed by atoms with Gasteiger partial charge in [-0.15, -0.1) is 11.3 Å². The topological polar surface area (TPSA) is 106 Å². The van der Waals surface area contributed by atoms with Crippen molar-refractivity contribution in [3.8, 4) is 21.8 Å². The van der Waals surface area contributed by atoms with Crippen LogP contribution in [0.2, 0.25) is 0 Å². The van der Waals surface area contributed by atoms with Crippen LogP contribution in [0, 0.1) is 17.5 Å². The summed E-state index contributed by atoms with van der Waals surface area (Å²) in [6.45, 7) is 5.27. The third-order valence-corrected chi connectivity index (χ3v) is 9.00. The molecule has 3 heterocycles. The first-order chi connectivity index (χ1) is 19.1. The minimum absolute atomic E-state index is 0.0684. The maximum Gasteiger partial charge on any atom is 0.267 e. The van der Waals surface area contributed by atoms with E-state index < -0.39 is 38.1 Å². The van der Waals surface area contributed by atoms with Gasteiger partial charge in [-0.05, 0) is 49.2 Å². The second kappa shape index (κ2) is 11.5. The lowest BCUT2D eigenvalue weighted by Gasteiger charge is -2.12. The average molecular weight is 590 g/mol. The fourth-order valence-corrected chi connectivity index (χ4v) is 6.48. The quantitative estimate of drug-likeness (QED) is 0.240. The zero-order valence-electron chi connectivity index (χ0n) is 21.6. The molecular weight excluding hydrogens is 563 g/mol. The van der Waals surface area contributed by atoms with Gasteiger partial charge in [0.25, 0.3) is 10.0 Å². The summed E-state index contributed by atoms with van der Waals surface area (Å²) in [7, 11) is -4.78. The summed E-state index contributed by atoms with van der Waals surface area (Å²) in [5, 5.41) is 3.99. The Hall–Kier alpha value is -3.55. The van der Waals surface area contributed by atoms with Crippen molar-refractivity contribution < 1.29 is 26.3 Å². The molecule has 0 aliphatic carbocycles. The van der Waals surface area contributed by atoms with Crippen molar-refractivity contribution >= 4 is 33.0 Å². The lowest BCUT2D eigenvalue weighted by Crippen LogP contribution is -2.19. The third-order valence-electron chi connectivity index (χ3n) is 6.21. The SMILES string of the molecule is CC(C)c1nc(-c2ccc(F)c(NS(=O)(=O)c3c(F)cccc3F)c2)c(-c2ccnc(NCC3CCCO3)n2)s1.